The standard InChI is InChI=1S/C12H21NO5S/c1-17-6-7-19-9-11(14)13-4-2-10(3-5-13)18-8-12(15)16/h10H,2-9H2,1H3,(H,15,16). The lowest BCUT2D eigenvalue weighted by molar-refractivity contribution is -0.146. The summed E-state index contributed by atoms with van der Waals surface area (Å²) in [6, 6.07) is 0. The Morgan fingerprint density at radius 3 is 2.63 bits per heavy atom. The van der Waals surface area contributed by atoms with Crippen LogP contribution in [-0.2, 0) is 19.1 Å². The van der Waals surface area contributed by atoms with Gasteiger partial charge in [-0.3, -0.25) is 4.79 Å². The predicted molar refractivity (Wildman–Crippen MR) is 72.4 cm³/mol. The van der Waals surface area contributed by atoms with Crippen molar-refractivity contribution in [2.45, 2.75) is 18.9 Å². The number of piperidine rings is 1. The molecule has 1 fully saturated rings. The second-order valence-corrected chi connectivity index (χ2v) is 5.44. The van der Waals surface area contributed by atoms with E-state index < -0.39 is 5.97 Å². The lowest BCUT2D eigenvalue weighted by Crippen LogP contribution is -2.42. The molecule has 0 bridgehead atoms. The van der Waals surface area contributed by atoms with Gasteiger partial charge >= 0.3 is 5.97 Å². The smallest absolute Gasteiger partial charge is 0.329 e. The molecule has 1 N–H and O–H groups in total. The summed E-state index contributed by atoms with van der Waals surface area (Å²) in [5, 5.41) is 8.52. The van der Waals surface area contributed by atoms with Gasteiger partial charge in [0.1, 0.15) is 6.61 Å². The molecule has 0 saturated carbocycles. The Bertz CT molecular complexity index is 292. The monoisotopic (exact) mass is 291 g/mol. The fraction of sp³-hybridized carbons (Fsp3) is 0.833. The number of carboxylic acids is 1. The maximum atomic E-state index is 11.9. The Kier molecular flexibility index (Phi) is 7.85. The summed E-state index contributed by atoms with van der Waals surface area (Å²) < 4.78 is 10.1. The summed E-state index contributed by atoms with van der Waals surface area (Å²) in [5.74, 6) is 0.482. The molecule has 7 heteroatoms. The molecule has 1 rings (SSSR count). The SMILES string of the molecule is COCCSCC(=O)N1CCC(OCC(=O)O)CC1. The Morgan fingerprint density at radius 1 is 1.37 bits per heavy atom. The van der Waals surface area contributed by atoms with Gasteiger partial charge in [0.05, 0.1) is 18.5 Å². The van der Waals surface area contributed by atoms with E-state index in [1.54, 1.807) is 18.9 Å². The molecule has 0 atom stereocenters. The average molecular weight is 291 g/mol. The van der Waals surface area contributed by atoms with Gasteiger partial charge in [-0.1, -0.05) is 0 Å². The van der Waals surface area contributed by atoms with Crippen molar-refractivity contribution in [3.63, 3.8) is 0 Å². The Hall–Kier alpha value is -0.790. The zero-order valence-electron chi connectivity index (χ0n) is 11.2. The molecule has 1 aliphatic heterocycles. The molecular formula is C12H21NO5S. The van der Waals surface area contributed by atoms with Gasteiger partial charge in [0.25, 0.3) is 0 Å². The average Bonchev–Trinajstić information content (AvgIpc) is 2.41. The van der Waals surface area contributed by atoms with Crippen molar-refractivity contribution in [2.75, 3.05) is 44.9 Å². The number of methoxy groups -OCH3 is 1. The summed E-state index contributed by atoms with van der Waals surface area (Å²) in [5.41, 5.74) is 0. The van der Waals surface area contributed by atoms with Gasteiger partial charge in [0, 0.05) is 26.0 Å². The fourth-order valence-corrected chi connectivity index (χ4v) is 2.64. The largest absolute Gasteiger partial charge is 0.480 e. The highest BCUT2D eigenvalue weighted by Gasteiger charge is 2.23. The molecule has 0 spiro atoms. The van der Waals surface area contributed by atoms with E-state index in [0.717, 1.165) is 5.75 Å². The number of thioether (sulfide) groups is 1. The number of carboxylic acid groups (broad SMARTS) is 1. The maximum Gasteiger partial charge on any atom is 0.329 e. The minimum atomic E-state index is -0.951. The number of likely N-dealkylation sites (tertiary alicyclic amines) is 1. The summed E-state index contributed by atoms with van der Waals surface area (Å²) in [6.07, 6.45) is 1.38. The van der Waals surface area contributed by atoms with Crippen LogP contribution in [0.2, 0.25) is 0 Å². The van der Waals surface area contributed by atoms with Crippen molar-refractivity contribution in [2.24, 2.45) is 0 Å². The van der Waals surface area contributed by atoms with Crippen LogP contribution in [0, 0.1) is 0 Å². The summed E-state index contributed by atoms with van der Waals surface area (Å²) in [7, 11) is 1.64. The van der Waals surface area contributed by atoms with Crippen LogP contribution in [0.3, 0.4) is 0 Å². The first kappa shape index (κ1) is 16.3. The molecule has 0 unspecified atom stereocenters. The Balaban J connectivity index is 2.14. The third-order valence-corrected chi connectivity index (χ3v) is 3.80. The molecule has 0 aromatic rings. The molecule has 1 aliphatic rings. The number of carbonyl (C=O) groups excluding carboxylic acids is 1. The molecule has 1 heterocycles. The second-order valence-electron chi connectivity index (χ2n) is 4.33. The molecule has 0 aliphatic carbocycles. The fourth-order valence-electron chi connectivity index (χ4n) is 1.85. The van der Waals surface area contributed by atoms with Crippen molar-refractivity contribution >= 4 is 23.6 Å². The van der Waals surface area contributed by atoms with E-state index >= 15 is 0 Å². The molecular weight excluding hydrogens is 270 g/mol. The zero-order chi connectivity index (χ0) is 14.1. The van der Waals surface area contributed by atoms with Crippen LogP contribution in [0.25, 0.3) is 0 Å². The van der Waals surface area contributed by atoms with Gasteiger partial charge in [-0.15, -0.1) is 11.8 Å². The van der Waals surface area contributed by atoms with E-state index in [4.69, 9.17) is 14.6 Å². The molecule has 110 valence electrons. The van der Waals surface area contributed by atoms with E-state index in [-0.39, 0.29) is 18.6 Å². The van der Waals surface area contributed by atoms with Gasteiger partial charge in [0.15, 0.2) is 0 Å². The van der Waals surface area contributed by atoms with Crippen LogP contribution in [0.4, 0.5) is 0 Å². The van der Waals surface area contributed by atoms with Crippen molar-refractivity contribution in [3.05, 3.63) is 0 Å². The number of hydrogen-bond donors (Lipinski definition) is 1. The molecule has 1 saturated heterocycles. The lowest BCUT2D eigenvalue weighted by Gasteiger charge is -2.31. The van der Waals surface area contributed by atoms with Crippen LogP contribution >= 0.6 is 11.8 Å². The zero-order valence-corrected chi connectivity index (χ0v) is 12.0. The minimum Gasteiger partial charge on any atom is -0.480 e. The number of ether oxygens (including phenoxy) is 2. The van der Waals surface area contributed by atoms with E-state index in [2.05, 4.69) is 0 Å². The van der Waals surface area contributed by atoms with Crippen LogP contribution in [0.15, 0.2) is 0 Å². The van der Waals surface area contributed by atoms with Crippen molar-refractivity contribution < 1.29 is 24.2 Å². The number of amides is 1. The molecule has 0 radical (unpaired) electrons. The summed E-state index contributed by atoms with van der Waals surface area (Å²) in [4.78, 5) is 24.1. The first-order chi connectivity index (χ1) is 9.13. The van der Waals surface area contributed by atoms with Gasteiger partial charge in [-0.25, -0.2) is 4.79 Å². The highest BCUT2D eigenvalue weighted by molar-refractivity contribution is 7.99. The van der Waals surface area contributed by atoms with Gasteiger partial charge in [0.2, 0.25) is 5.91 Å². The number of carbonyl (C=O) groups is 2. The first-order valence-electron chi connectivity index (χ1n) is 6.31. The molecule has 0 aromatic heterocycles. The van der Waals surface area contributed by atoms with Crippen molar-refractivity contribution in [3.8, 4) is 0 Å². The summed E-state index contributed by atoms with van der Waals surface area (Å²) >= 11 is 1.57. The lowest BCUT2D eigenvalue weighted by atomic mass is 10.1. The van der Waals surface area contributed by atoms with Gasteiger partial charge in [-0.05, 0) is 12.8 Å². The first-order valence-corrected chi connectivity index (χ1v) is 7.46. The van der Waals surface area contributed by atoms with Gasteiger partial charge in [-0.2, -0.15) is 0 Å². The van der Waals surface area contributed by atoms with Crippen molar-refractivity contribution in [1.29, 1.82) is 0 Å². The maximum absolute atomic E-state index is 11.9. The van der Waals surface area contributed by atoms with E-state index in [9.17, 15) is 9.59 Å². The third kappa shape index (κ3) is 6.79. The van der Waals surface area contributed by atoms with E-state index in [1.807, 2.05) is 4.90 Å². The molecule has 0 aromatic carbocycles. The number of aliphatic carboxylic acids is 1. The van der Waals surface area contributed by atoms with Crippen LogP contribution in [0.1, 0.15) is 12.8 Å². The van der Waals surface area contributed by atoms with Gasteiger partial charge < -0.3 is 19.5 Å². The van der Waals surface area contributed by atoms with Crippen LogP contribution in [-0.4, -0.2) is 72.9 Å². The topological polar surface area (TPSA) is 76.1 Å². The highest BCUT2D eigenvalue weighted by Crippen LogP contribution is 2.15. The molecule has 19 heavy (non-hydrogen) atoms. The highest BCUT2D eigenvalue weighted by atomic mass is 32.2. The quantitative estimate of drug-likeness (QED) is 0.655. The summed E-state index contributed by atoms with van der Waals surface area (Å²) in [6.45, 7) is 1.69. The van der Waals surface area contributed by atoms with Crippen molar-refractivity contribution in [1.82, 2.24) is 4.90 Å². The minimum absolute atomic E-state index is 0.0405. The molecule has 1 amide bonds. The third-order valence-electron chi connectivity index (χ3n) is 2.89. The number of hydrogen-bond acceptors (Lipinski definition) is 5. The normalized spacial score (nSPS) is 16.6. The second kappa shape index (κ2) is 9.17. The number of nitrogens with zero attached hydrogens (tertiary/aromatic N) is 1. The van der Waals surface area contributed by atoms with E-state index in [0.29, 0.717) is 38.3 Å². The predicted octanol–water partition coefficient (Wildman–Crippen LogP) is 0.458. The Labute approximate surface area is 117 Å². The van der Waals surface area contributed by atoms with E-state index in [1.165, 1.54) is 0 Å². The number of rotatable bonds is 8. The molecule has 6 nitrogen and oxygen atoms in total. The Morgan fingerprint density at radius 2 is 2.05 bits per heavy atom. The van der Waals surface area contributed by atoms with Crippen LogP contribution in [0.5, 0.6) is 0 Å². The van der Waals surface area contributed by atoms with Crippen LogP contribution < -0.4 is 0 Å².